The number of ketones is 1. The second-order valence-electron chi connectivity index (χ2n) is 5.53. The van der Waals surface area contributed by atoms with E-state index >= 15 is 0 Å². The summed E-state index contributed by atoms with van der Waals surface area (Å²) >= 11 is 0. The van der Waals surface area contributed by atoms with E-state index in [0.29, 0.717) is 5.75 Å². The number of nitrogens with two attached hydrogens (primary N) is 1. The summed E-state index contributed by atoms with van der Waals surface area (Å²) in [7, 11) is -3.61. The van der Waals surface area contributed by atoms with Gasteiger partial charge in [-0.2, -0.15) is 0 Å². The van der Waals surface area contributed by atoms with Crippen molar-refractivity contribution in [2.75, 3.05) is 11.0 Å². The molecule has 25 heavy (non-hydrogen) atoms. The number of hydrogen-bond donors (Lipinski definition) is 3. The highest BCUT2D eigenvalue weighted by Crippen LogP contribution is 2.39. The number of Topliss-reactive ketones (excluding diaryl/α,β-unsaturated/α-hetero) is 1. The van der Waals surface area contributed by atoms with Gasteiger partial charge in [0.1, 0.15) is 17.5 Å². The average Bonchev–Trinajstić information content (AvgIpc) is 2.54. The molecule has 9 heteroatoms. The fourth-order valence-electron chi connectivity index (χ4n) is 2.34. The van der Waals surface area contributed by atoms with Gasteiger partial charge in [-0.3, -0.25) is 9.52 Å². The first-order valence-corrected chi connectivity index (χ1v) is 9.17. The third kappa shape index (κ3) is 3.73. The molecule has 8 nitrogen and oxygen atoms in total. The lowest BCUT2D eigenvalue weighted by atomic mass is 9.99. The highest BCUT2D eigenvalue weighted by molar-refractivity contribution is 7.92. The van der Waals surface area contributed by atoms with Crippen molar-refractivity contribution < 1.29 is 27.8 Å². The fraction of sp³-hybridized carbons (Fsp3) is 0.188. The molecule has 3 rings (SSSR count). The zero-order valence-corrected chi connectivity index (χ0v) is 14.0. The van der Waals surface area contributed by atoms with Crippen molar-refractivity contribution in [2.45, 2.75) is 12.3 Å². The van der Waals surface area contributed by atoms with Gasteiger partial charge in [0.2, 0.25) is 16.3 Å². The van der Waals surface area contributed by atoms with Crippen molar-refractivity contribution in [3.05, 3.63) is 48.0 Å². The molecule has 0 saturated carbocycles. The van der Waals surface area contributed by atoms with Crippen LogP contribution >= 0.6 is 0 Å². The lowest BCUT2D eigenvalue weighted by Gasteiger charge is -2.27. The Labute approximate surface area is 144 Å². The predicted molar refractivity (Wildman–Crippen MR) is 90.4 cm³/mol. The van der Waals surface area contributed by atoms with Gasteiger partial charge < -0.3 is 20.3 Å². The van der Waals surface area contributed by atoms with Gasteiger partial charge in [0.05, 0.1) is 17.5 Å². The van der Waals surface area contributed by atoms with Crippen molar-refractivity contribution in [1.82, 2.24) is 0 Å². The number of aliphatic hydroxyl groups excluding tert-OH is 1. The summed E-state index contributed by atoms with van der Waals surface area (Å²) in [6.07, 6.45) is -0.526. The van der Waals surface area contributed by atoms with E-state index in [1.54, 1.807) is 30.3 Å². The molecular formula is C16H16N2O6S. The molecule has 2 aromatic carbocycles. The van der Waals surface area contributed by atoms with Gasteiger partial charge in [-0.25, -0.2) is 8.42 Å². The number of ether oxygens (including phenoxy) is 2. The Balaban J connectivity index is 2.09. The van der Waals surface area contributed by atoms with Crippen LogP contribution in [0.5, 0.6) is 17.2 Å². The SMILES string of the molecule is CS(=O)(=O)Nc1cc2c(cc1Oc1ccccc1)C(=O)C(N)C(O)O2. The van der Waals surface area contributed by atoms with E-state index in [1.165, 1.54) is 12.1 Å². The van der Waals surface area contributed by atoms with Gasteiger partial charge in [-0.15, -0.1) is 0 Å². The first-order valence-electron chi connectivity index (χ1n) is 7.28. The molecule has 0 amide bonds. The van der Waals surface area contributed by atoms with E-state index < -0.39 is 28.1 Å². The van der Waals surface area contributed by atoms with Crippen LogP contribution in [0.25, 0.3) is 0 Å². The Morgan fingerprint density at radius 1 is 1.24 bits per heavy atom. The molecule has 0 aromatic heterocycles. The van der Waals surface area contributed by atoms with E-state index in [0.717, 1.165) is 6.26 Å². The van der Waals surface area contributed by atoms with Gasteiger partial charge in [0.15, 0.2) is 11.5 Å². The minimum atomic E-state index is -3.61. The highest BCUT2D eigenvalue weighted by Gasteiger charge is 2.34. The summed E-state index contributed by atoms with van der Waals surface area (Å²) in [5, 5.41) is 9.68. The number of fused-ring (bicyclic) bond motifs is 1. The number of rotatable bonds is 4. The third-order valence-corrected chi connectivity index (χ3v) is 4.06. The van der Waals surface area contributed by atoms with Crippen molar-refractivity contribution in [1.29, 1.82) is 0 Å². The van der Waals surface area contributed by atoms with Crippen LogP contribution in [0.2, 0.25) is 0 Å². The van der Waals surface area contributed by atoms with E-state index in [4.69, 9.17) is 15.2 Å². The molecule has 2 aromatic rings. The normalized spacial score (nSPS) is 19.7. The molecule has 2 unspecified atom stereocenters. The van der Waals surface area contributed by atoms with Crippen LogP contribution in [0.15, 0.2) is 42.5 Å². The van der Waals surface area contributed by atoms with Crippen LogP contribution in [-0.4, -0.2) is 37.9 Å². The number of benzene rings is 2. The van der Waals surface area contributed by atoms with Crippen molar-refractivity contribution >= 4 is 21.5 Å². The maximum atomic E-state index is 12.3. The van der Waals surface area contributed by atoms with Crippen LogP contribution in [-0.2, 0) is 10.0 Å². The monoisotopic (exact) mass is 364 g/mol. The second kappa shape index (κ2) is 6.36. The van der Waals surface area contributed by atoms with E-state index in [9.17, 15) is 18.3 Å². The summed E-state index contributed by atoms with van der Waals surface area (Å²) in [5.41, 5.74) is 5.77. The molecule has 1 heterocycles. The lowest BCUT2D eigenvalue weighted by molar-refractivity contribution is -0.0365. The zero-order valence-electron chi connectivity index (χ0n) is 13.2. The summed E-state index contributed by atoms with van der Waals surface area (Å²) < 4.78 is 36.4. The van der Waals surface area contributed by atoms with E-state index in [-0.39, 0.29) is 22.7 Å². The Morgan fingerprint density at radius 2 is 1.92 bits per heavy atom. The van der Waals surface area contributed by atoms with Crippen LogP contribution in [0.4, 0.5) is 5.69 Å². The summed E-state index contributed by atoms with van der Waals surface area (Å²) in [5.74, 6) is 0.0479. The summed E-state index contributed by atoms with van der Waals surface area (Å²) in [6.45, 7) is 0. The van der Waals surface area contributed by atoms with Gasteiger partial charge >= 0.3 is 0 Å². The number of para-hydroxylation sites is 1. The smallest absolute Gasteiger partial charge is 0.229 e. The maximum Gasteiger partial charge on any atom is 0.229 e. The Kier molecular flexibility index (Phi) is 4.38. The number of nitrogens with one attached hydrogen (secondary N) is 1. The predicted octanol–water partition coefficient (Wildman–Crippen LogP) is 1.07. The number of carbonyl (C=O) groups is 1. The first kappa shape index (κ1) is 17.2. The molecule has 0 aliphatic carbocycles. The molecule has 4 N–H and O–H groups in total. The van der Waals surface area contributed by atoms with Crippen molar-refractivity contribution in [3.8, 4) is 17.2 Å². The number of carbonyl (C=O) groups excluding carboxylic acids is 1. The van der Waals surface area contributed by atoms with Crippen LogP contribution in [0.3, 0.4) is 0 Å². The first-order chi connectivity index (χ1) is 11.7. The molecule has 0 radical (unpaired) electrons. The minimum Gasteiger partial charge on any atom is -0.462 e. The molecule has 0 saturated heterocycles. The average molecular weight is 364 g/mol. The van der Waals surface area contributed by atoms with Gasteiger partial charge in [0.25, 0.3) is 0 Å². The topological polar surface area (TPSA) is 128 Å². The number of anilines is 1. The number of aliphatic hydroxyl groups is 1. The fourth-order valence-corrected chi connectivity index (χ4v) is 2.90. The summed E-state index contributed by atoms with van der Waals surface area (Å²) in [4.78, 5) is 12.3. The van der Waals surface area contributed by atoms with E-state index in [2.05, 4.69) is 4.72 Å². The quantitative estimate of drug-likeness (QED) is 0.740. The van der Waals surface area contributed by atoms with Crippen LogP contribution < -0.4 is 19.9 Å². The molecule has 132 valence electrons. The molecule has 0 bridgehead atoms. The molecule has 1 aliphatic heterocycles. The number of sulfonamides is 1. The van der Waals surface area contributed by atoms with Gasteiger partial charge in [0, 0.05) is 6.07 Å². The summed E-state index contributed by atoms with van der Waals surface area (Å²) in [6, 6.07) is 10.0. The number of hydrogen-bond acceptors (Lipinski definition) is 7. The molecule has 0 spiro atoms. The Bertz CT molecular complexity index is 914. The largest absolute Gasteiger partial charge is 0.462 e. The van der Waals surface area contributed by atoms with Crippen LogP contribution in [0.1, 0.15) is 10.4 Å². The standard InChI is InChI=1S/C16H16N2O6S/c1-25(21,22)18-11-8-12-10(15(19)14(17)16(20)24-12)7-13(11)23-9-5-3-2-4-6-9/h2-8,14,16,18,20H,17H2,1H3. The Hall–Kier alpha value is -2.62. The molecule has 2 atom stereocenters. The highest BCUT2D eigenvalue weighted by atomic mass is 32.2. The van der Waals surface area contributed by atoms with Crippen molar-refractivity contribution in [3.63, 3.8) is 0 Å². The molecular weight excluding hydrogens is 348 g/mol. The zero-order chi connectivity index (χ0) is 18.2. The van der Waals surface area contributed by atoms with Gasteiger partial charge in [-0.1, -0.05) is 18.2 Å². The molecule has 1 aliphatic rings. The second-order valence-corrected chi connectivity index (χ2v) is 7.28. The van der Waals surface area contributed by atoms with Crippen LogP contribution in [0, 0.1) is 0 Å². The van der Waals surface area contributed by atoms with Gasteiger partial charge in [-0.05, 0) is 18.2 Å². The minimum absolute atomic E-state index is 0.0192. The third-order valence-electron chi connectivity index (χ3n) is 3.47. The van der Waals surface area contributed by atoms with E-state index in [1.807, 2.05) is 0 Å². The Morgan fingerprint density at radius 3 is 2.56 bits per heavy atom. The maximum absolute atomic E-state index is 12.3. The molecule has 0 fully saturated rings. The lowest BCUT2D eigenvalue weighted by Crippen LogP contribution is -2.48. The van der Waals surface area contributed by atoms with Crippen molar-refractivity contribution in [2.24, 2.45) is 5.73 Å².